The maximum atomic E-state index is 12.4. The maximum absolute atomic E-state index is 12.4. The average molecular weight is 466 g/mol. The van der Waals surface area contributed by atoms with Crippen LogP contribution in [0.1, 0.15) is 21.5 Å². The quantitative estimate of drug-likeness (QED) is 0.381. The largest absolute Gasteiger partial charge is 0.493 e. The molecule has 0 aliphatic heterocycles. The van der Waals surface area contributed by atoms with Crippen LogP contribution in [0, 0.1) is 0 Å². The van der Waals surface area contributed by atoms with Gasteiger partial charge in [-0.1, -0.05) is 12.1 Å². The van der Waals surface area contributed by atoms with Crippen molar-refractivity contribution in [2.45, 2.75) is 13.1 Å². The van der Waals surface area contributed by atoms with Crippen LogP contribution in [0.2, 0.25) is 0 Å². The highest BCUT2D eigenvalue weighted by atomic mass is 16.5. The Balaban J connectivity index is 1.51. The number of nitrogens with one attached hydrogen (secondary N) is 3. The van der Waals surface area contributed by atoms with E-state index in [4.69, 9.17) is 19.9 Å². The predicted octanol–water partition coefficient (Wildman–Crippen LogP) is 2.94. The van der Waals surface area contributed by atoms with Crippen LogP contribution in [0.15, 0.2) is 54.9 Å². The summed E-state index contributed by atoms with van der Waals surface area (Å²) in [5, 5.41) is 8.31. The summed E-state index contributed by atoms with van der Waals surface area (Å²) in [5.41, 5.74) is 8.77. The first-order valence-electron chi connectivity index (χ1n) is 10.4. The first kappa shape index (κ1) is 24.2. The number of pyridine rings is 1. The van der Waals surface area contributed by atoms with Gasteiger partial charge in [0.25, 0.3) is 5.91 Å². The van der Waals surface area contributed by atoms with E-state index in [1.807, 2.05) is 0 Å². The molecule has 0 bridgehead atoms. The molecule has 10 heteroatoms. The summed E-state index contributed by atoms with van der Waals surface area (Å²) in [4.78, 5) is 28.5. The number of hydrogen-bond donors (Lipinski definition) is 4. The fraction of sp³-hybridized carbons (Fsp3) is 0.208. The minimum Gasteiger partial charge on any atom is -0.493 e. The number of rotatable bonds is 9. The normalized spacial score (nSPS) is 10.2. The third-order valence-corrected chi connectivity index (χ3v) is 4.95. The summed E-state index contributed by atoms with van der Waals surface area (Å²) in [7, 11) is 4.59. The van der Waals surface area contributed by atoms with Crippen molar-refractivity contribution in [1.82, 2.24) is 15.6 Å². The molecule has 34 heavy (non-hydrogen) atoms. The lowest BCUT2D eigenvalue weighted by Crippen LogP contribution is -2.34. The van der Waals surface area contributed by atoms with Gasteiger partial charge in [-0.25, -0.2) is 4.79 Å². The van der Waals surface area contributed by atoms with Gasteiger partial charge < -0.3 is 35.9 Å². The number of urea groups is 1. The Morgan fingerprint density at radius 3 is 2.06 bits per heavy atom. The number of hydrogen-bond acceptors (Lipinski definition) is 7. The van der Waals surface area contributed by atoms with Crippen molar-refractivity contribution in [1.29, 1.82) is 0 Å². The Hall–Kier alpha value is -4.47. The molecule has 0 saturated carbocycles. The van der Waals surface area contributed by atoms with E-state index in [1.165, 1.54) is 27.5 Å². The van der Waals surface area contributed by atoms with Crippen LogP contribution in [-0.4, -0.2) is 38.3 Å². The standard InChI is InChI=1S/C24H27N5O5/c1-32-20-10-16(11-21(33-2)22(20)34-3)13-28-24(31)27-12-15-4-6-17(7-5-15)23(30)29-19-8-9-26-14-18(19)25/h4-11,14H,12-13,25H2,1-3H3,(H,26,29,30)(H2,27,28,31). The van der Waals surface area contributed by atoms with E-state index in [0.717, 1.165) is 11.1 Å². The van der Waals surface area contributed by atoms with Gasteiger partial charge >= 0.3 is 6.03 Å². The van der Waals surface area contributed by atoms with Crippen LogP contribution in [0.3, 0.4) is 0 Å². The number of methoxy groups -OCH3 is 3. The van der Waals surface area contributed by atoms with Crippen LogP contribution in [-0.2, 0) is 13.1 Å². The molecule has 2 aromatic carbocycles. The summed E-state index contributed by atoms with van der Waals surface area (Å²) in [6.07, 6.45) is 3.02. The van der Waals surface area contributed by atoms with E-state index in [0.29, 0.717) is 40.7 Å². The maximum Gasteiger partial charge on any atom is 0.315 e. The summed E-state index contributed by atoms with van der Waals surface area (Å²) in [5.74, 6) is 1.21. The number of nitrogens with two attached hydrogens (primary N) is 1. The minimum absolute atomic E-state index is 0.264. The highest BCUT2D eigenvalue weighted by molar-refractivity contribution is 6.05. The molecule has 0 saturated heterocycles. The molecule has 0 aliphatic rings. The van der Waals surface area contributed by atoms with Gasteiger partial charge in [0.05, 0.1) is 38.9 Å². The average Bonchev–Trinajstić information content (AvgIpc) is 2.87. The SMILES string of the molecule is COc1cc(CNC(=O)NCc2ccc(C(=O)Nc3ccncc3N)cc2)cc(OC)c1OC. The number of benzene rings is 2. The van der Waals surface area contributed by atoms with Gasteiger partial charge in [-0.2, -0.15) is 0 Å². The molecular formula is C24H27N5O5. The third-order valence-electron chi connectivity index (χ3n) is 4.95. The van der Waals surface area contributed by atoms with E-state index in [-0.39, 0.29) is 18.5 Å². The summed E-state index contributed by atoms with van der Waals surface area (Å²) in [6.45, 7) is 0.556. The summed E-state index contributed by atoms with van der Waals surface area (Å²) < 4.78 is 16.0. The molecule has 0 atom stereocenters. The van der Waals surface area contributed by atoms with Gasteiger partial charge in [-0.3, -0.25) is 9.78 Å². The van der Waals surface area contributed by atoms with E-state index in [2.05, 4.69) is 20.9 Å². The molecule has 1 heterocycles. The van der Waals surface area contributed by atoms with E-state index < -0.39 is 0 Å². The van der Waals surface area contributed by atoms with Crippen molar-refractivity contribution in [3.63, 3.8) is 0 Å². The number of carbonyl (C=O) groups excluding carboxylic acids is 2. The minimum atomic E-state index is -0.344. The molecular weight excluding hydrogens is 438 g/mol. The molecule has 3 amide bonds. The molecule has 0 spiro atoms. The van der Waals surface area contributed by atoms with Gasteiger partial charge in [0.15, 0.2) is 11.5 Å². The number of amides is 3. The lowest BCUT2D eigenvalue weighted by molar-refractivity contribution is 0.102. The van der Waals surface area contributed by atoms with E-state index in [9.17, 15) is 9.59 Å². The number of anilines is 2. The molecule has 10 nitrogen and oxygen atoms in total. The molecule has 3 rings (SSSR count). The molecule has 178 valence electrons. The number of nitrogens with zero attached hydrogens (tertiary/aromatic N) is 1. The Morgan fingerprint density at radius 2 is 1.50 bits per heavy atom. The second-order valence-electron chi connectivity index (χ2n) is 7.18. The zero-order valence-corrected chi connectivity index (χ0v) is 19.2. The van der Waals surface area contributed by atoms with E-state index >= 15 is 0 Å². The summed E-state index contributed by atoms with van der Waals surface area (Å²) in [6, 6.07) is 11.7. The Morgan fingerprint density at radius 1 is 0.882 bits per heavy atom. The summed E-state index contributed by atoms with van der Waals surface area (Å²) >= 11 is 0. The number of aromatic nitrogens is 1. The highest BCUT2D eigenvalue weighted by Gasteiger charge is 2.14. The fourth-order valence-corrected chi connectivity index (χ4v) is 3.15. The van der Waals surface area contributed by atoms with Crippen LogP contribution >= 0.6 is 0 Å². The predicted molar refractivity (Wildman–Crippen MR) is 128 cm³/mol. The van der Waals surface area contributed by atoms with Gasteiger partial charge in [-0.05, 0) is 41.5 Å². The number of carbonyl (C=O) groups is 2. The van der Waals surface area contributed by atoms with Crippen molar-refractivity contribution in [2.75, 3.05) is 32.4 Å². The molecule has 0 radical (unpaired) electrons. The molecule has 5 N–H and O–H groups in total. The van der Waals surface area contributed by atoms with Crippen LogP contribution in [0.25, 0.3) is 0 Å². The van der Waals surface area contributed by atoms with Gasteiger partial charge in [-0.15, -0.1) is 0 Å². The highest BCUT2D eigenvalue weighted by Crippen LogP contribution is 2.38. The van der Waals surface area contributed by atoms with Crippen LogP contribution < -0.4 is 35.9 Å². The first-order chi connectivity index (χ1) is 16.4. The smallest absolute Gasteiger partial charge is 0.315 e. The second kappa shape index (κ2) is 11.4. The molecule has 3 aromatic rings. The second-order valence-corrected chi connectivity index (χ2v) is 7.18. The lowest BCUT2D eigenvalue weighted by atomic mass is 10.1. The van der Waals surface area contributed by atoms with Gasteiger partial charge in [0.1, 0.15) is 0 Å². The Bertz CT molecular complexity index is 1130. The van der Waals surface area contributed by atoms with Crippen LogP contribution in [0.5, 0.6) is 17.2 Å². The zero-order valence-electron chi connectivity index (χ0n) is 19.2. The Kier molecular flexibility index (Phi) is 8.11. The van der Waals surface area contributed by atoms with Gasteiger partial charge in [0, 0.05) is 24.8 Å². The number of ether oxygens (including phenoxy) is 3. The van der Waals surface area contributed by atoms with Crippen molar-refractivity contribution in [3.8, 4) is 17.2 Å². The monoisotopic (exact) mass is 465 g/mol. The molecule has 1 aromatic heterocycles. The third kappa shape index (κ3) is 6.06. The van der Waals surface area contributed by atoms with Gasteiger partial charge in [0.2, 0.25) is 5.75 Å². The van der Waals surface area contributed by atoms with Crippen molar-refractivity contribution < 1.29 is 23.8 Å². The molecule has 0 fully saturated rings. The van der Waals surface area contributed by atoms with Crippen molar-refractivity contribution in [2.24, 2.45) is 0 Å². The van der Waals surface area contributed by atoms with Crippen LogP contribution in [0.4, 0.5) is 16.2 Å². The van der Waals surface area contributed by atoms with Crippen molar-refractivity contribution >= 4 is 23.3 Å². The first-order valence-corrected chi connectivity index (χ1v) is 10.4. The fourth-order valence-electron chi connectivity index (χ4n) is 3.15. The lowest BCUT2D eigenvalue weighted by Gasteiger charge is -2.14. The molecule has 0 unspecified atom stereocenters. The topological polar surface area (TPSA) is 137 Å². The zero-order chi connectivity index (χ0) is 24.5. The van der Waals surface area contributed by atoms with Crippen molar-refractivity contribution in [3.05, 3.63) is 71.5 Å². The Labute approximate surface area is 197 Å². The molecule has 0 aliphatic carbocycles. The van der Waals surface area contributed by atoms with E-state index in [1.54, 1.807) is 48.7 Å². The number of nitrogen functional groups attached to an aromatic ring is 1.